The van der Waals surface area contributed by atoms with Crippen LogP contribution in [-0.4, -0.2) is 6.54 Å². The maximum absolute atomic E-state index is 3.54. The Kier molecular flexibility index (Phi) is 3.68. The molecule has 0 aromatic heterocycles. The average Bonchev–Trinajstić information content (AvgIpc) is 3.04. The van der Waals surface area contributed by atoms with Crippen molar-refractivity contribution in [2.45, 2.75) is 32.6 Å². The van der Waals surface area contributed by atoms with E-state index in [0.29, 0.717) is 0 Å². The summed E-state index contributed by atoms with van der Waals surface area (Å²) in [7, 11) is 0. The van der Waals surface area contributed by atoms with Gasteiger partial charge in [0, 0.05) is 16.7 Å². The van der Waals surface area contributed by atoms with Gasteiger partial charge in [-0.25, -0.2) is 0 Å². The van der Waals surface area contributed by atoms with Gasteiger partial charge >= 0.3 is 0 Å². The van der Waals surface area contributed by atoms with Crippen LogP contribution in [0.3, 0.4) is 0 Å². The Morgan fingerprint density at radius 2 is 2.20 bits per heavy atom. The van der Waals surface area contributed by atoms with E-state index in [1.807, 2.05) is 0 Å². The number of aryl methyl sites for hydroxylation is 1. The van der Waals surface area contributed by atoms with Crippen LogP contribution in [0.1, 0.15) is 31.7 Å². The fraction of sp³-hybridized carbons (Fsp3) is 0.538. The second-order valence-corrected chi connectivity index (χ2v) is 5.23. The van der Waals surface area contributed by atoms with Crippen LogP contribution in [0, 0.1) is 5.92 Å². The van der Waals surface area contributed by atoms with Crippen molar-refractivity contribution in [2.75, 3.05) is 11.9 Å². The zero-order chi connectivity index (χ0) is 10.7. The molecule has 0 spiro atoms. The Labute approximate surface area is 100 Å². The monoisotopic (exact) mass is 267 g/mol. The lowest BCUT2D eigenvalue weighted by Gasteiger charge is -2.11. The van der Waals surface area contributed by atoms with E-state index in [0.717, 1.165) is 18.9 Å². The second-order valence-electron chi connectivity index (χ2n) is 4.31. The van der Waals surface area contributed by atoms with Gasteiger partial charge in [-0.3, -0.25) is 0 Å². The Morgan fingerprint density at radius 3 is 2.87 bits per heavy atom. The minimum absolute atomic E-state index is 1.01. The fourth-order valence-corrected chi connectivity index (χ4v) is 2.25. The molecule has 1 aliphatic carbocycles. The summed E-state index contributed by atoms with van der Waals surface area (Å²) in [6.07, 6.45) is 5.32. The average molecular weight is 268 g/mol. The lowest BCUT2D eigenvalue weighted by Crippen LogP contribution is -2.04. The van der Waals surface area contributed by atoms with Crippen molar-refractivity contribution in [2.24, 2.45) is 5.92 Å². The molecule has 15 heavy (non-hydrogen) atoms. The molecule has 0 unspecified atom stereocenters. The minimum atomic E-state index is 1.01. The topological polar surface area (TPSA) is 12.0 Å². The number of halogens is 1. The van der Waals surface area contributed by atoms with Crippen LogP contribution in [-0.2, 0) is 6.42 Å². The van der Waals surface area contributed by atoms with Crippen molar-refractivity contribution in [3.8, 4) is 0 Å². The molecule has 1 N–H and O–H groups in total. The van der Waals surface area contributed by atoms with Gasteiger partial charge in [-0.1, -0.05) is 35.7 Å². The second kappa shape index (κ2) is 5.02. The van der Waals surface area contributed by atoms with E-state index in [2.05, 4.69) is 46.4 Å². The van der Waals surface area contributed by atoms with Gasteiger partial charge < -0.3 is 5.32 Å². The van der Waals surface area contributed by atoms with Gasteiger partial charge in [-0.2, -0.15) is 0 Å². The molecule has 2 heteroatoms. The van der Waals surface area contributed by atoms with Gasteiger partial charge in [0.2, 0.25) is 0 Å². The molecular formula is C13H18BrN. The van der Waals surface area contributed by atoms with Crippen LogP contribution < -0.4 is 5.32 Å². The molecule has 82 valence electrons. The van der Waals surface area contributed by atoms with E-state index < -0.39 is 0 Å². The van der Waals surface area contributed by atoms with Gasteiger partial charge in [-0.15, -0.1) is 0 Å². The van der Waals surface area contributed by atoms with Gasteiger partial charge in [0.1, 0.15) is 0 Å². The minimum Gasteiger partial charge on any atom is -0.385 e. The molecule has 1 saturated carbocycles. The summed E-state index contributed by atoms with van der Waals surface area (Å²) >= 11 is 3.51. The maximum atomic E-state index is 3.54. The number of nitrogens with one attached hydrogen (secondary N) is 1. The highest BCUT2D eigenvalue weighted by Gasteiger charge is 2.20. The molecule has 1 aromatic rings. The van der Waals surface area contributed by atoms with Gasteiger partial charge in [0.05, 0.1) is 0 Å². The molecule has 0 saturated heterocycles. The summed E-state index contributed by atoms with van der Waals surface area (Å²) in [5.74, 6) is 1.01. The molecule has 0 aliphatic heterocycles. The molecule has 2 rings (SSSR count). The molecular weight excluding hydrogens is 250 g/mol. The zero-order valence-electron chi connectivity index (χ0n) is 9.22. The van der Waals surface area contributed by atoms with Crippen molar-refractivity contribution < 1.29 is 0 Å². The molecule has 0 heterocycles. The number of hydrogen-bond donors (Lipinski definition) is 1. The first-order chi connectivity index (χ1) is 7.29. The van der Waals surface area contributed by atoms with Crippen molar-refractivity contribution >= 4 is 21.6 Å². The highest BCUT2D eigenvalue weighted by molar-refractivity contribution is 9.10. The number of rotatable bonds is 5. The molecule has 0 radical (unpaired) electrons. The van der Waals surface area contributed by atoms with E-state index >= 15 is 0 Å². The predicted molar refractivity (Wildman–Crippen MR) is 69.4 cm³/mol. The Bertz CT molecular complexity index is 331. The largest absolute Gasteiger partial charge is 0.385 e. The van der Waals surface area contributed by atoms with E-state index in [-0.39, 0.29) is 0 Å². The third kappa shape index (κ3) is 3.23. The normalized spacial score (nSPS) is 15.3. The Hall–Kier alpha value is -0.500. The van der Waals surface area contributed by atoms with Crippen molar-refractivity contribution in [3.05, 3.63) is 28.2 Å². The molecule has 0 atom stereocenters. The summed E-state index contributed by atoms with van der Waals surface area (Å²) < 4.78 is 1.17. The number of hydrogen-bond acceptors (Lipinski definition) is 1. The Morgan fingerprint density at radius 1 is 1.40 bits per heavy atom. The third-order valence-electron chi connectivity index (χ3n) is 3.01. The molecule has 1 aromatic carbocycles. The highest BCUT2D eigenvalue weighted by Crippen LogP contribution is 2.32. The first-order valence-corrected chi connectivity index (χ1v) is 6.61. The first kappa shape index (κ1) is 11.0. The number of benzene rings is 1. The van der Waals surface area contributed by atoms with Crippen LogP contribution in [0.2, 0.25) is 0 Å². The van der Waals surface area contributed by atoms with Gasteiger partial charge in [0.25, 0.3) is 0 Å². The van der Waals surface area contributed by atoms with Crippen LogP contribution in [0.5, 0.6) is 0 Å². The first-order valence-electron chi connectivity index (χ1n) is 5.82. The van der Waals surface area contributed by atoms with Gasteiger partial charge in [-0.05, 0) is 42.5 Å². The standard InChI is InChI=1S/C13H18BrN/c1-2-11-9-12(14)5-6-13(11)15-8-7-10-3-4-10/h5-6,9-10,15H,2-4,7-8H2,1H3. The van der Waals surface area contributed by atoms with Crippen molar-refractivity contribution in [3.63, 3.8) is 0 Å². The lowest BCUT2D eigenvalue weighted by atomic mass is 10.1. The smallest absolute Gasteiger partial charge is 0.0373 e. The summed E-state index contributed by atoms with van der Waals surface area (Å²) in [6, 6.07) is 6.49. The molecule has 1 fully saturated rings. The molecule has 1 nitrogen and oxygen atoms in total. The Balaban J connectivity index is 1.92. The summed E-state index contributed by atoms with van der Waals surface area (Å²) in [6.45, 7) is 3.33. The summed E-state index contributed by atoms with van der Waals surface area (Å²) in [5.41, 5.74) is 2.71. The molecule has 0 bridgehead atoms. The summed E-state index contributed by atoms with van der Waals surface area (Å²) in [5, 5.41) is 3.54. The predicted octanol–water partition coefficient (Wildman–Crippen LogP) is 4.22. The quantitative estimate of drug-likeness (QED) is 0.842. The lowest BCUT2D eigenvalue weighted by molar-refractivity contribution is 0.759. The van der Waals surface area contributed by atoms with Crippen molar-refractivity contribution in [1.82, 2.24) is 0 Å². The van der Waals surface area contributed by atoms with Crippen LogP contribution in [0.15, 0.2) is 22.7 Å². The zero-order valence-corrected chi connectivity index (χ0v) is 10.8. The van der Waals surface area contributed by atoms with Crippen LogP contribution in [0.25, 0.3) is 0 Å². The molecule has 1 aliphatic rings. The van der Waals surface area contributed by atoms with Gasteiger partial charge in [0.15, 0.2) is 0 Å². The maximum Gasteiger partial charge on any atom is 0.0373 e. The highest BCUT2D eigenvalue weighted by atomic mass is 79.9. The van der Waals surface area contributed by atoms with Crippen LogP contribution in [0.4, 0.5) is 5.69 Å². The fourth-order valence-electron chi connectivity index (χ4n) is 1.84. The summed E-state index contributed by atoms with van der Waals surface area (Å²) in [4.78, 5) is 0. The number of anilines is 1. The van der Waals surface area contributed by atoms with E-state index in [4.69, 9.17) is 0 Å². The van der Waals surface area contributed by atoms with E-state index in [1.165, 1.54) is 35.0 Å². The SMILES string of the molecule is CCc1cc(Br)ccc1NCCC1CC1. The van der Waals surface area contributed by atoms with Crippen LogP contribution >= 0.6 is 15.9 Å². The van der Waals surface area contributed by atoms with E-state index in [1.54, 1.807) is 0 Å². The van der Waals surface area contributed by atoms with E-state index in [9.17, 15) is 0 Å². The molecule has 0 amide bonds. The third-order valence-corrected chi connectivity index (χ3v) is 3.51. The van der Waals surface area contributed by atoms with Crippen molar-refractivity contribution in [1.29, 1.82) is 0 Å².